The summed E-state index contributed by atoms with van der Waals surface area (Å²) in [5.74, 6) is 0.102. The Kier molecular flexibility index (Phi) is 4.08. The quantitative estimate of drug-likeness (QED) is 0.451. The second-order valence-corrected chi connectivity index (χ2v) is 8.81. The summed E-state index contributed by atoms with van der Waals surface area (Å²) in [5, 5.41) is 20.0. The number of nitrogens with two attached hydrogens (primary N) is 1. The zero-order valence-electron chi connectivity index (χ0n) is 16.5. The molecular weight excluding hydrogens is 368 g/mol. The number of benzene rings is 2. The Labute approximate surface area is 169 Å². The van der Waals surface area contributed by atoms with E-state index in [-0.39, 0.29) is 21.9 Å². The van der Waals surface area contributed by atoms with Crippen LogP contribution in [0.15, 0.2) is 52.7 Å². The van der Waals surface area contributed by atoms with E-state index >= 15 is 0 Å². The van der Waals surface area contributed by atoms with E-state index in [1.54, 1.807) is 0 Å². The second kappa shape index (κ2) is 6.14. The molecule has 0 spiro atoms. The first-order valence-corrected chi connectivity index (χ1v) is 9.72. The van der Waals surface area contributed by atoms with Gasteiger partial charge < -0.3 is 15.4 Å². The van der Waals surface area contributed by atoms with Crippen molar-refractivity contribution >= 4 is 33.9 Å². The molecule has 5 nitrogen and oxygen atoms in total. The van der Waals surface area contributed by atoms with Crippen molar-refractivity contribution < 1.29 is 5.11 Å². The molecule has 6 heteroatoms. The number of aromatic hydroxyl groups is 1. The Hall–Kier alpha value is -2.73. The molecule has 144 valence electrons. The first kappa shape index (κ1) is 18.6. The second-order valence-electron chi connectivity index (χ2n) is 8.39. The van der Waals surface area contributed by atoms with Gasteiger partial charge in [-0.3, -0.25) is 0 Å². The van der Waals surface area contributed by atoms with Crippen LogP contribution in [0.25, 0.3) is 10.9 Å². The summed E-state index contributed by atoms with van der Waals surface area (Å²) in [6.07, 6.45) is 0.837. The third kappa shape index (κ3) is 2.55. The summed E-state index contributed by atoms with van der Waals surface area (Å²) in [7, 11) is 0. The van der Waals surface area contributed by atoms with Crippen LogP contribution in [0.3, 0.4) is 0 Å². The third-order valence-corrected chi connectivity index (χ3v) is 6.00. The lowest BCUT2D eigenvalue weighted by molar-refractivity contribution is 0.236. The fourth-order valence-electron chi connectivity index (χ4n) is 4.88. The van der Waals surface area contributed by atoms with E-state index < -0.39 is 0 Å². The van der Waals surface area contributed by atoms with Crippen LogP contribution >= 0.6 is 12.2 Å². The molecule has 3 N–H and O–H groups in total. The molecule has 0 saturated carbocycles. The van der Waals surface area contributed by atoms with Crippen LogP contribution in [-0.4, -0.2) is 14.8 Å². The molecule has 28 heavy (non-hydrogen) atoms. The summed E-state index contributed by atoms with van der Waals surface area (Å²) >= 11 is 4.84. The number of aryl methyl sites for hydroxylation is 1. The van der Waals surface area contributed by atoms with Crippen LogP contribution in [0.2, 0.25) is 0 Å². The average molecular weight is 393 g/mol. The van der Waals surface area contributed by atoms with Gasteiger partial charge in [0, 0.05) is 16.3 Å². The van der Waals surface area contributed by atoms with Crippen molar-refractivity contribution in [2.45, 2.75) is 45.1 Å². The number of hydrogen-bond donors (Lipinski definition) is 2. The predicted molar refractivity (Wildman–Crippen MR) is 116 cm³/mol. The van der Waals surface area contributed by atoms with Crippen molar-refractivity contribution in [2.75, 3.05) is 0 Å². The van der Waals surface area contributed by atoms with Crippen molar-refractivity contribution in [2.24, 2.45) is 16.0 Å². The fraction of sp³-hybridized carbons (Fsp3) is 0.318. The lowest BCUT2D eigenvalue weighted by atomic mass is 9.66. The van der Waals surface area contributed by atoms with Gasteiger partial charge in [-0.25, -0.2) is 0 Å². The van der Waals surface area contributed by atoms with Crippen LogP contribution in [0.4, 0.5) is 5.69 Å². The predicted octanol–water partition coefficient (Wildman–Crippen LogP) is 5.43. The van der Waals surface area contributed by atoms with E-state index in [1.807, 2.05) is 17.6 Å². The Morgan fingerprint density at radius 1 is 1.14 bits per heavy atom. The Morgan fingerprint density at radius 3 is 2.46 bits per heavy atom. The van der Waals surface area contributed by atoms with Gasteiger partial charge in [-0.15, -0.1) is 10.2 Å². The summed E-state index contributed by atoms with van der Waals surface area (Å²) in [6.45, 7) is 8.59. The molecule has 1 aromatic heterocycles. The van der Waals surface area contributed by atoms with Gasteiger partial charge in [0.05, 0.1) is 5.52 Å². The molecule has 1 aliphatic rings. The van der Waals surface area contributed by atoms with E-state index in [0.29, 0.717) is 5.69 Å². The minimum Gasteiger partial charge on any atom is -0.493 e. The highest BCUT2D eigenvalue weighted by atomic mass is 32.1. The lowest BCUT2D eigenvalue weighted by Crippen LogP contribution is -2.41. The normalized spacial score (nSPS) is 20.7. The summed E-state index contributed by atoms with van der Waals surface area (Å²) < 4.78 is 1.99. The summed E-state index contributed by atoms with van der Waals surface area (Å²) in [5.41, 5.74) is 9.86. The van der Waals surface area contributed by atoms with Crippen molar-refractivity contribution in [3.05, 3.63) is 59.2 Å². The maximum absolute atomic E-state index is 11.1. The smallest absolute Gasteiger partial charge is 0.221 e. The lowest BCUT2D eigenvalue weighted by Gasteiger charge is -2.45. The highest BCUT2D eigenvalue weighted by Crippen LogP contribution is 2.55. The summed E-state index contributed by atoms with van der Waals surface area (Å²) in [6, 6.07) is 14.8. The molecule has 2 aromatic carbocycles. The number of rotatable bonds is 2. The molecule has 1 atom stereocenters. The van der Waals surface area contributed by atoms with Crippen molar-refractivity contribution in [3.8, 4) is 5.88 Å². The minimum atomic E-state index is -0.329. The molecule has 1 aliphatic heterocycles. The van der Waals surface area contributed by atoms with Gasteiger partial charge in [0.25, 0.3) is 0 Å². The van der Waals surface area contributed by atoms with E-state index in [1.165, 1.54) is 11.1 Å². The van der Waals surface area contributed by atoms with Gasteiger partial charge in [-0.1, -0.05) is 49.4 Å². The number of azo groups is 1. The van der Waals surface area contributed by atoms with Gasteiger partial charge in [-0.2, -0.15) is 0 Å². The molecule has 0 radical (unpaired) electrons. The molecule has 2 heterocycles. The largest absolute Gasteiger partial charge is 0.493 e. The number of aromatic nitrogens is 1. The maximum atomic E-state index is 11.1. The van der Waals surface area contributed by atoms with Crippen LogP contribution < -0.4 is 5.73 Å². The molecule has 4 rings (SSSR count). The van der Waals surface area contributed by atoms with Crippen molar-refractivity contribution in [1.29, 1.82) is 0 Å². The van der Waals surface area contributed by atoms with Gasteiger partial charge >= 0.3 is 0 Å². The fourth-order valence-corrected chi connectivity index (χ4v) is 4.92. The molecule has 0 fully saturated rings. The molecular formula is C22H24N4OS. The Morgan fingerprint density at radius 2 is 1.82 bits per heavy atom. The monoisotopic (exact) mass is 392 g/mol. The van der Waals surface area contributed by atoms with Gasteiger partial charge in [0.15, 0.2) is 5.69 Å². The van der Waals surface area contributed by atoms with Crippen LogP contribution in [0.1, 0.15) is 43.9 Å². The van der Waals surface area contributed by atoms with E-state index in [4.69, 9.17) is 18.0 Å². The van der Waals surface area contributed by atoms with E-state index in [9.17, 15) is 5.11 Å². The number of nitrogens with zero attached hydrogens (tertiary/aromatic N) is 3. The van der Waals surface area contributed by atoms with Crippen molar-refractivity contribution in [3.63, 3.8) is 0 Å². The van der Waals surface area contributed by atoms with E-state index in [0.717, 1.165) is 22.9 Å². The van der Waals surface area contributed by atoms with Gasteiger partial charge in [-0.05, 0) is 56.1 Å². The number of thiocarbonyl (C=S) groups is 1. The zero-order valence-corrected chi connectivity index (χ0v) is 17.3. The molecule has 0 saturated heterocycles. The third-order valence-electron chi connectivity index (χ3n) is 5.92. The topological polar surface area (TPSA) is 75.9 Å². The SMILES string of the molecule is Cc1ccc2c3c1c(N=NC(N)=S)c(O)n3C(C)(C)C[C@@]2(C)c1ccccc1. The highest BCUT2D eigenvalue weighted by Gasteiger charge is 2.45. The standard InChI is InChI=1S/C22H24N4OS/c1-13-10-11-15-18-16(13)17(24-25-20(23)28)19(27)26(18)21(2,3)12-22(15,4)14-8-6-5-7-9-14/h5-11,27H,12H2,1-4H3,(H2,23,28)/t22-/m0/s1. The molecule has 0 aliphatic carbocycles. The van der Waals surface area contributed by atoms with Gasteiger partial charge in [0.1, 0.15) is 0 Å². The molecule has 0 amide bonds. The van der Waals surface area contributed by atoms with Crippen LogP contribution in [0, 0.1) is 6.92 Å². The average Bonchev–Trinajstić information content (AvgIpc) is 2.93. The van der Waals surface area contributed by atoms with Crippen molar-refractivity contribution in [1.82, 2.24) is 4.57 Å². The van der Waals surface area contributed by atoms with Crippen LogP contribution in [-0.2, 0) is 11.0 Å². The van der Waals surface area contributed by atoms with E-state index in [2.05, 4.69) is 67.4 Å². The zero-order chi connectivity index (χ0) is 20.3. The molecule has 0 bridgehead atoms. The first-order chi connectivity index (χ1) is 13.2. The molecule has 3 aromatic rings. The van der Waals surface area contributed by atoms with Crippen LogP contribution in [0.5, 0.6) is 5.88 Å². The Balaban J connectivity index is 2.14. The first-order valence-electron chi connectivity index (χ1n) is 9.31. The number of hydrogen-bond acceptors (Lipinski definition) is 3. The minimum absolute atomic E-state index is 0.0580. The molecule has 0 unspecified atom stereocenters. The maximum Gasteiger partial charge on any atom is 0.221 e. The summed E-state index contributed by atoms with van der Waals surface area (Å²) in [4.78, 5) is 0. The highest BCUT2D eigenvalue weighted by molar-refractivity contribution is 7.80. The Bertz CT molecular complexity index is 1130. The van der Waals surface area contributed by atoms with Gasteiger partial charge in [0.2, 0.25) is 11.0 Å².